The largest absolute Gasteiger partial charge is 0.333 e. The number of amides is 1. The first-order valence-electron chi connectivity index (χ1n) is 9.33. The van der Waals surface area contributed by atoms with Crippen LogP contribution >= 0.6 is 27.0 Å². The quantitative estimate of drug-likeness (QED) is 0.424. The lowest BCUT2D eigenvalue weighted by atomic mass is 9.75. The second-order valence-corrected chi connectivity index (χ2v) is 7.58. The SMILES string of the molecule is Cc1c(F)cccc1[C@]1(C(=O)NO)CC[C@H](c2ccc3cn(C(F)F)nc3c2)C1.S.S. The minimum absolute atomic E-state index is 0. The van der Waals surface area contributed by atoms with E-state index in [1.54, 1.807) is 36.7 Å². The number of alkyl halides is 2. The lowest BCUT2D eigenvalue weighted by Crippen LogP contribution is -2.42. The zero-order valence-corrected chi connectivity index (χ0v) is 18.7. The van der Waals surface area contributed by atoms with E-state index in [0.717, 1.165) is 5.56 Å². The molecule has 1 aliphatic rings. The van der Waals surface area contributed by atoms with Gasteiger partial charge in [0.25, 0.3) is 5.91 Å². The van der Waals surface area contributed by atoms with Crippen molar-refractivity contribution in [2.75, 3.05) is 0 Å². The van der Waals surface area contributed by atoms with Crippen LogP contribution < -0.4 is 5.48 Å². The van der Waals surface area contributed by atoms with Gasteiger partial charge in [0.2, 0.25) is 0 Å². The number of fused-ring (bicyclic) bond motifs is 1. The highest BCUT2D eigenvalue weighted by Gasteiger charge is 2.48. The Bertz CT molecular complexity index is 1090. The smallest absolute Gasteiger partial charge is 0.289 e. The van der Waals surface area contributed by atoms with E-state index in [1.807, 2.05) is 6.07 Å². The standard InChI is InChI=1S/C21H20F3N3O2.2H2S/c1-12-16(3-2-4-17(12)22)21(19(28)26-29)8-7-14(10-21)13-5-6-15-11-27(20(23)24)25-18(15)9-13;;/h2-6,9,11,14,20,29H,7-8,10H2,1H3,(H,26,28);2*1H2/t14-,21-;;/m0../s1. The third-order valence-electron chi connectivity index (χ3n) is 6.05. The molecule has 4 rings (SSSR count). The summed E-state index contributed by atoms with van der Waals surface area (Å²) in [5.74, 6) is -1.04. The van der Waals surface area contributed by atoms with E-state index < -0.39 is 23.7 Å². The van der Waals surface area contributed by atoms with Gasteiger partial charge < -0.3 is 0 Å². The van der Waals surface area contributed by atoms with E-state index in [1.165, 1.54) is 12.3 Å². The Labute approximate surface area is 191 Å². The Hall–Kier alpha value is -2.17. The van der Waals surface area contributed by atoms with Gasteiger partial charge in [-0.05, 0) is 60.9 Å². The van der Waals surface area contributed by atoms with Crippen molar-refractivity contribution in [2.24, 2.45) is 0 Å². The normalized spacial score (nSPS) is 20.4. The lowest BCUT2D eigenvalue weighted by Gasteiger charge is -2.29. The Morgan fingerprint density at radius 2 is 2.03 bits per heavy atom. The van der Waals surface area contributed by atoms with Crippen molar-refractivity contribution in [3.8, 4) is 0 Å². The zero-order valence-electron chi connectivity index (χ0n) is 16.7. The fourth-order valence-corrected chi connectivity index (χ4v) is 4.54. The number of carbonyl (C=O) groups excluding carboxylic acids is 1. The number of hydrogen-bond donors (Lipinski definition) is 2. The molecule has 0 spiro atoms. The van der Waals surface area contributed by atoms with Gasteiger partial charge in [-0.15, -0.1) is 0 Å². The van der Waals surface area contributed by atoms with Crippen molar-refractivity contribution < 1.29 is 23.2 Å². The van der Waals surface area contributed by atoms with Gasteiger partial charge in [-0.1, -0.05) is 24.3 Å². The molecular weight excluding hydrogens is 447 g/mol. The first-order valence-corrected chi connectivity index (χ1v) is 9.33. The van der Waals surface area contributed by atoms with Crippen molar-refractivity contribution in [3.63, 3.8) is 0 Å². The van der Waals surface area contributed by atoms with Gasteiger partial charge in [-0.2, -0.15) is 40.9 Å². The molecule has 5 nitrogen and oxygen atoms in total. The summed E-state index contributed by atoms with van der Waals surface area (Å²) in [6.45, 7) is -1.10. The summed E-state index contributed by atoms with van der Waals surface area (Å²) in [4.78, 5) is 12.7. The Morgan fingerprint density at radius 3 is 2.71 bits per heavy atom. The predicted octanol–water partition coefficient (Wildman–Crippen LogP) is 4.82. The molecule has 1 saturated carbocycles. The summed E-state index contributed by atoms with van der Waals surface area (Å²) in [5, 5.41) is 13.9. The molecule has 10 heteroatoms. The van der Waals surface area contributed by atoms with E-state index >= 15 is 0 Å². The Morgan fingerprint density at radius 1 is 1.29 bits per heavy atom. The first-order chi connectivity index (χ1) is 13.9. The number of hydroxylamine groups is 1. The molecule has 0 saturated heterocycles. The van der Waals surface area contributed by atoms with E-state index in [9.17, 15) is 23.2 Å². The fraction of sp³-hybridized carbons (Fsp3) is 0.333. The zero-order chi connectivity index (χ0) is 20.8. The number of nitrogens with one attached hydrogen (secondary N) is 1. The van der Waals surface area contributed by atoms with Crippen molar-refractivity contribution in [3.05, 3.63) is 65.1 Å². The van der Waals surface area contributed by atoms with Gasteiger partial charge in [-0.25, -0.2) is 14.6 Å². The molecule has 0 radical (unpaired) electrons. The van der Waals surface area contributed by atoms with Crippen LogP contribution in [0, 0.1) is 12.7 Å². The molecule has 1 heterocycles. The van der Waals surface area contributed by atoms with Crippen molar-refractivity contribution in [1.82, 2.24) is 15.3 Å². The monoisotopic (exact) mass is 471 g/mol. The van der Waals surface area contributed by atoms with Crippen LogP contribution in [0.1, 0.15) is 48.4 Å². The second-order valence-electron chi connectivity index (χ2n) is 7.58. The maximum atomic E-state index is 14.2. The number of halogens is 3. The molecule has 1 aromatic heterocycles. The molecule has 0 unspecified atom stereocenters. The molecule has 2 aromatic carbocycles. The van der Waals surface area contributed by atoms with Gasteiger partial charge in [0.15, 0.2) is 0 Å². The maximum absolute atomic E-state index is 14.2. The average Bonchev–Trinajstić information content (AvgIpc) is 3.34. The minimum Gasteiger partial charge on any atom is -0.289 e. The van der Waals surface area contributed by atoms with Crippen molar-refractivity contribution in [2.45, 2.75) is 44.1 Å². The molecule has 2 atom stereocenters. The van der Waals surface area contributed by atoms with Gasteiger partial charge in [-0.3, -0.25) is 10.0 Å². The molecular formula is C21H24F3N3O2S2. The number of benzene rings is 2. The number of hydrogen-bond acceptors (Lipinski definition) is 3. The molecule has 31 heavy (non-hydrogen) atoms. The van der Waals surface area contributed by atoms with E-state index in [0.29, 0.717) is 46.0 Å². The first kappa shape index (κ1) is 25.1. The van der Waals surface area contributed by atoms with Crippen LogP contribution in [0.15, 0.2) is 42.6 Å². The number of nitrogens with zero attached hydrogens (tertiary/aromatic N) is 2. The van der Waals surface area contributed by atoms with Crippen LogP contribution in [0.5, 0.6) is 0 Å². The van der Waals surface area contributed by atoms with Crippen LogP contribution in [0.25, 0.3) is 10.9 Å². The fourth-order valence-electron chi connectivity index (χ4n) is 4.54. The third-order valence-corrected chi connectivity index (χ3v) is 6.05. The van der Waals surface area contributed by atoms with E-state index in [2.05, 4.69) is 5.10 Å². The highest BCUT2D eigenvalue weighted by Crippen LogP contribution is 2.50. The van der Waals surface area contributed by atoms with Crippen LogP contribution in [0.3, 0.4) is 0 Å². The van der Waals surface area contributed by atoms with E-state index in [4.69, 9.17) is 0 Å². The average molecular weight is 472 g/mol. The van der Waals surface area contributed by atoms with Gasteiger partial charge in [0.1, 0.15) is 5.82 Å². The Kier molecular flexibility index (Phi) is 7.72. The molecule has 1 fully saturated rings. The predicted molar refractivity (Wildman–Crippen MR) is 121 cm³/mol. The topological polar surface area (TPSA) is 67.2 Å². The summed E-state index contributed by atoms with van der Waals surface area (Å²) in [6.07, 6.45) is 2.71. The number of rotatable bonds is 4. The highest BCUT2D eigenvalue weighted by molar-refractivity contribution is 7.59. The molecule has 1 amide bonds. The highest BCUT2D eigenvalue weighted by atomic mass is 32.1. The van der Waals surface area contributed by atoms with Crippen LogP contribution in [-0.2, 0) is 10.2 Å². The van der Waals surface area contributed by atoms with Gasteiger partial charge in [0.05, 0.1) is 10.9 Å². The summed E-state index contributed by atoms with van der Waals surface area (Å²) < 4.78 is 40.6. The summed E-state index contributed by atoms with van der Waals surface area (Å²) in [7, 11) is 0. The number of carbonyl (C=O) groups is 1. The minimum atomic E-state index is -2.71. The summed E-state index contributed by atoms with van der Waals surface area (Å²) in [5.41, 5.74) is 2.94. The number of aromatic nitrogens is 2. The molecule has 2 N–H and O–H groups in total. The second kappa shape index (κ2) is 9.54. The van der Waals surface area contributed by atoms with Crippen molar-refractivity contribution in [1.29, 1.82) is 0 Å². The molecule has 0 bridgehead atoms. The van der Waals surface area contributed by atoms with Crippen LogP contribution in [-0.4, -0.2) is 20.9 Å². The molecule has 0 aliphatic heterocycles. The van der Waals surface area contributed by atoms with Gasteiger partial charge >= 0.3 is 6.55 Å². The van der Waals surface area contributed by atoms with Crippen LogP contribution in [0.4, 0.5) is 13.2 Å². The van der Waals surface area contributed by atoms with Gasteiger partial charge in [0, 0.05) is 11.6 Å². The Balaban J connectivity index is 0.00000171. The van der Waals surface area contributed by atoms with E-state index in [-0.39, 0.29) is 32.9 Å². The molecule has 1 aliphatic carbocycles. The van der Waals surface area contributed by atoms with Crippen molar-refractivity contribution >= 4 is 43.8 Å². The lowest BCUT2D eigenvalue weighted by molar-refractivity contribution is -0.135. The maximum Gasteiger partial charge on any atom is 0.333 e. The summed E-state index contributed by atoms with van der Waals surface area (Å²) in [6, 6.07) is 9.93. The summed E-state index contributed by atoms with van der Waals surface area (Å²) >= 11 is 0. The molecule has 168 valence electrons. The van der Waals surface area contributed by atoms with Crippen LogP contribution in [0.2, 0.25) is 0 Å². The molecule has 3 aromatic rings. The third kappa shape index (κ3) is 4.28.